The van der Waals surface area contributed by atoms with Crippen molar-refractivity contribution in [3.05, 3.63) is 0 Å². The van der Waals surface area contributed by atoms with Crippen molar-refractivity contribution in [1.82, 2.24) is 9.80 Å². The first-order chi connectivity index (χ1) is 9.60. The minimum atomic E-state index is -0.726. The largest absolute Gasteiger partial charge is 0.379 e. The highest BCUT2D eigenvalue weighted by atomic mass is 19.1. The maximum absolute atomic E-state index is 14.8. The fourth-order valence-corrected chi connectivity index (χ4v) is 3.88. The van der Waals surface area contributed by atoms with Gasteiger partial charge in [-0.2, -0.15) is 0 Å². The average molecular weight is 300 g/mol. The van der Waals surface area contributed by atoms with Crippen molar-refractivity contribution in [2.75, 3.05) is 32.8 Å². The Bertz CT molecular complexity index is 342. The lowest BCUT2D eigenvalue weighted by Crippen LogP contribution is -2.57. The third-order valence-electron chi connectivity index (χ3n) is 4.88. The van der Waals surface area contributed by atoms with Crippen LogP contribution in [0.15, 0.2) is 0 Å². The molecule has 3 atom stereocenters. The summed E-state index contributed by atoms with van der Waals surface area (Å²) in [5.74, 6) is 0. The summed E-state index contributed by atoms with van der Waals surface area (Å²) in [6.45, 7) is 17.6. The second-order valence-electron chi connectivity index (χ2n) is 8.69. The van der Waals surface area contributed by atoms with E-state index >= 15 is 0 Å². The Hall–Kier alpha value is -0.190. The Morgan fingerprint density at radius 2 is 1.62 bits per heavy atom. The smallest absolute Gasteiger partial charge is 0.118 e. The van der Waals surface area contributed by atoms with E-state index in [1.807, 2.05) is 0 Å². The normalized spacial score (nSPS) is 33.6. The molecule has 0 bridgehead atoms. The molecular weight excluding hydrogens is 267 g/mol. The van der Waals surface area contributed by atoms with Gasteiger partial charge < -0.3 is 4.74 Å². The van der Waals surface area contributed by atoms with Crippen molar-refractivity contribution in [1.29, 1.82) is 0 Å². The van der Waals surface area contributed by atoms with Gasteiger partial charge in [-0.15, -0.1) is 0 Å². The van der Waals surface area contributed by atoms with Crippen LogP contribution in [0, 0.1) is 5.41 Å². The van der Waals surface area contributed by atoms with Gasteiger partial charge in [-0.1, -0.05) is 20.8 Å². The molecule has 0 aromatic rings. The van der Waals surface area contributed by atoms with Crippen LogP contribution < -0.4 is 0 Å². The number of likely N-dealkylation sites (tertiary alicyclic amines) is 1. The van der Waals surface area contributed by atoms with E-state index in [2.05, 4.69) is 51.3 Å². The summed E-state index contributed by atoms with van der Waals surface area (Å²) in [5.41, 5.74) is 0.104. The summed E-state index contributed by atoms with van der Waals surface area (Å²) in [5, 5.41) is 0. The Morgan fingerprint density at radius 1 is 1.05 bits per heavy atom. The van der Waals surface area contributed by atoms with Crippen molar-refractivity contribution in [2.24, 2.45) is 5.41 Å². The van der Waals surface area contributed by atoms with Gasteiger partial charge in [0.05, 0.1) is 19.3 Å². The molecule has 0 spiro atoms. The average Bonchev–Trinajstić information content (AvgIpc) is 2.68. The zero-order chi connectivity index (χ0) is 15.8. The van der Waals surface area contributed by atoms with Crippen LogP contribution in [0.3, 0.4) is 0 Å². The fourth-order valence-electron chi connectivity index (χ4n) is 3.88. The van der Waals surface area contributed by atoms with Crippen LogP contribution in [0.5, 0.6) is 0 Å². The number of alkyl halides is 1. The van der Waals surface area contributed by atoms with Crippen molar-refractivity contribution in [3.63, 3.8) is 0 Å². The van der Waals surface area contributed by atoms with Gasteiger partial charge in [0.1, 0.15) is 6.17 Å². The molecule has 0 aromatic heterocycles. The SMILES string of the molecule is CC(C)(C)[C@@H]1C[C@@H](F)C(CN2CCOCC2)N1C(C)(C)C. The predicted octanol–water partition coefficient (Wildman–Crippen LogP) is 2.94. The quantitative estimate of drug-likeness (QED) is 0.780. The molecule has 2 saturated heterocycles. The third kappa shape index (κ3) is 3.96. The van der Waals surface area contributed by atoms with Gasteiger partial charge >= 0.3 is 0 Å². The van der Waals surface area contributed by atoms with Gasteiger partial charge in [0.15, 0.2) is 0 Å². The van der Waals surface area contributed by atoms with Crippen LogP contribution in [-0.2, 0) is 4.74 Å². The van der Waals surface area contributed by atoms with Crippen LogP contribution in [0.1, 0.15) is 48.0 Å². The molecule has 2 aliphatic heterocycles. The Labute approximate surface area is 129 Å². The highest BCUT2D eigenvalue weighted by Gasteiger charge is 2.50. The summed E-state index contributed by atoms with van der Waals surface area (Å²) in [7, 11) is 0. The summed E-state index contributed by atoms with van der Waals surface area (Å²) in [6.07, 6.45) is -0.0632. The fraction of sp³-hybridized carbons (Fsp3) is 1.00. The molecule has 2 heterocycles. The first kappa shape index (κ1) is 17.2. The summed E-state index contributed by atoms with van der Waals surface area (Å²) >= 11 is 0. The summed E-state index contributed by atoms with van der Waals surface area (Å²) in [4.78, 5) is 4.82. The minimum Gasteiger partial charge on any atom is -0.379 e. The number of halogens is 1. The molecule has 0 N–H and O–H groups in total. The zero-order valence-corrected chi connectivity index (χ0v) is 14.7. The van der Waals surface area contributed by atoms with E-state index in [-0.39, 0.29) is 17.0 Å². The first-order valence-electron chi connectivity index (χ1n) is 8.33. The Balaban J connectivity index is 2.16. The van der Waals surface area contributed by atoms with E-state index in [1.165, 1.54) is 0 Å². The number of nitrogens with zero attached hydrogens (tertiary/aromatic N) is 2. The van der Waals surface area contributed by atoms with Gasteiger partial charge in [0.2, 0.25) is 0 Å². The van der Waals surface area contributed by atoms with Gasteiger partial charge in [0, 0.05) is 31.2 Å². The monoisotopic (exact) mass is 300 g/mol. The van der Waals surface area contributed by atoms with Gasteiger partial charge in [-0.05, 0) is 32.6 Å². The minimum absolute atomic E-state index is 0.00423. The van der Waals surface area contributed by atoms with Gasteiger partial charge in [-0.25, -0.2) is 4.39 Å². The van der Waals surface area contributed by atoms with Crippen LogP contribution >= 0.6 is 0 Å². The molecule has 0 amide bonds. The zero-order valence-electron chi connectivity index (χ0n) is 14.7. The van der Waals surface area contributed by atoms with Crippen molar-refractivity contribution in [2.45, 2.75) is 71.8 Å². The van der Waals surface area contributed by atoms with E-state index in [4.69, 9.17) is 4.74 Å². The molecule has 1 unspecified atom stereocenters. The number of morpholine rings is 1. The molecule has 0 aromatic carbocycles. The third-order valence-corrected chi connectivity index (χ3v) is 4.88. The van der Waals surface area contributed by atoms with Crippen molar-refractivity contribution >= 4 is 0 Å². The van der Waals surface area contributed by atoms with Crippen molar-refractivity contribution in [3.8, 4) is 0 Å². The number of hydrogen-bond donors (Lipinski definition) is 0. The molecule has 0 saturated carbocycles. The highest BCUT2D eigenvalue weighted by Crippen LogP contribution is 2.42. The lowest BCUT2D eigenvalue weighted by molar-refractivity contribution is -0.0156. The second kappa shape index (κ2) is 6.13. The lowest BCUT2D eigenvalue weighted by atomic mass is 9.83. The lowest BCUT2D eigenvalue weighted by Gasteiger charge is -2.47. The van der Waals surface area contributed by atoms with E-state index in [9.17, 15) is 4.39 Å². The topological polar surface area (TPSA) is 15.7 Å². The van der Waals surface area contributed by atoms with Crippen LogP contribution in [0.4, 0.5) is 4.39 Å². The number of rotatable bonds is 2. The first-order valence-corrected chi connectivity index (χ1v) is 8.33. The predicted molar refractivity (Wildman–Crippen MR) is 85.4 cm³/mol. The standard InChI is InChI=1S/C17H33FN2O/c1-16(2,3)15-11-13(18)14(20(15)17(4,5)6)12-19-7-9-21-10-8-19/h13-15H,7-12H2,1-6H3/t13-,14?,15+/m1/s1. The molecule has 2 fully saturated rings. The molecule has 4 heteroatoms. The molecule has 0 aliphatic carbocycles. The second-order valence-corrected chi connectivity index (χ2v) is 8.69. The van der Waals surface area contributed by atoms with Crippen LogP contribution in [0.2, 0.25) is 0 Å². The molecule has 124 valence electrons. The molecule has 0 radical (unpaired) electrons. The van der Waals surface area contributed by atoms with E-state index < -0.39 is 6.17 Å². The summed E-state index contributed by atoms with van der Waals surface area (Å²) in [6, 6.07) is 0.311. The molecule has 2 rings (SSSR count). The van der Waals surface area contributed by atoms with Gasteiger partial charge in [-0.3, -0.25) is 9.80 Å². The maximum Gasteiger partial charge on any atom is 0.118 e. The van der Waals surface area contributed by atoms with Crippen LogP contribution in [0.25, 0.3) is 0 Å². The van der Waals surface area contributed by atoms with E-state index in [1.54, 1.807) is 0 Å². The van der Waals surface area contributed by atoms with Gasteiger partial charge in [0.25, 0.3) is 0 Å². The highest BCUT2D eigenvalue weighted by molar-refractivity contribution is 5.04. The molecule has 3 nitrogen and oxygen atoms in total. The molecular formula is C17H33FN2O. The van der Waals surface area contributed by atoms with Crippen molar-refractivity contribution < 1.29 is 9.13 Å². The molecule has 21 heavy (non-hydrogen) atoms. The number of ether oxygens (including phenoxy) is 1. The number of hydrogen-bond acceptors (Lipinski definition) is 3. The van der Waals surface area contributed by atoms with Crippen LogP contribution in [-0.4, -0.2) is 66.4 Å². The van der Waals surface area contributed by atoms with E-state index in [0.29, 0.717) is 12.5 Å². The maximum atomic E-state index is 14.8. The van der Waals surface area contributed by atoms with E-state index in [0.717, 1.165) is 32.8 Å². The summed E-state index contributed by atoms with van der Waals surface area (Å²) < 4.78 is 20.2. The Kier molecular flexibility index (Phi) is 5.01. The Morgan fingerprint density at radius 3 is 2.10 bits per heavy atom. The molecule has 2 aliphatic rings.